The van der Waals surface area contributed by atoms with Gasteiger partial charge in [0.25, 0.3) is 11.5 Å². The van der Waals surface area contributed by atoms with E-state index in [1.54, 1.807) is 17.6 Å². The zero-order chi connectivity index (χ0) is 30.9. The lowest BCUT2D eigenvalue weighted by atomic mass is 9.81. The minimum atomic E-state index is -3.30. The summed E-state index contributed by atoms with van der Waals surface area (Å²) in [6.45, 7) is 4.63. The van der Waals surface area contributed by atoms with Gasteiger partial charge in [-0.25, -0.2) is 23.1 Å². The van der Waals surface area contributed by atoms with Gasteiger partial charge in [-0.3, -0.25) is 9.36 Å². The molecule has 1 unspecified atom stereocenters. The monoisotopic (exact) mass is 608 g/mol. The highest BCUT2D eigenvalue weighted by molar-refractivity contribution is 5.87. The summed E-state index contributed by atoms with van der Waals surface area (Å²) < 4.78 is 54.8. The van der Waals surface area contributed by atoms with Crippen LogP contribution in [0.1, 0.15) is 81.0 Å². The van der Waals surface area contributed by atoms with E-state index in [0.29, 0.717) is 67.9 Å². The summed E-state index contributed by atoms with van der Waals surface area (Å²) >= 11 is 0. The summed E-state index contributed by atoms with van der Waals surface area (Å²) in [5, 5.41) is 13.9. The van der Waals surface area contributed by atoms with Gasteiger partial charge in [0.15, 0.2) is 0 Å². The van der Waals surface area contributed by atoms with Crippen LogP contribution >= 0.6 is 0 Å². The number of aromatic nitrogens is 3. The summed E-state index contributed by atoms with van der Waals surface area (Å²) in [7, 11) is 0. The molecule has 0 radical (unpaired) electrons. The van der Waals surface area contributed by atoms with E-state index in [1.807, 2.05) is 0 Å². The highest BCUT2D eigenvalue weighted by Crippen LogP contribution is 2.44. The van der Waals surface area contributed by atoms with E-state index in [4.69, 9.17) is 4.74 Å². The van der Waals surface area contributed by atoms with Gasteiger partial charge in [0, 0.05) is 30.2 Å². The highest BCUT2D eigenvalue weighted by atomic mass is 19.3. The van der Waals surface area contributed by atoms with Crippen LogP contribution in [0.2, 0.25) is 0 Å². The van der Waals surface area contributed by atoms with Crippen LogP contribution in [-0.4, -0.2) is 52.3 Å². The third kappa shape index (κ3) is 5.58. The molecule has 6 heterocycles. The van der Waals surface area contributed by atoms with E-state index in [9.17, 15) is 10.1 Å². The lowest BCUT2D eigenvalue weighted by molar-refractivity contribution is -0.0880. The third-order valence-corrected chi connectivity index (χ3v) is 9.80. The van der Waals surface area contributed by atoms with Crippen molar-refractivity contribution >= 4 is 16.9 Å². The Labute approximate surface area is 255 Å². The van der Waals surface area contributed by atoms with Crippen LogP contribution in [0.5, 0.6) is 0 Å². The molecule has 2 aromatic heterocycles. The highest BCUT2D eigenvalue weighted by Gasteiger charge is 2.45. The van der Waals surface area contributed by atoms with E-state index in [0.717, 1.165) is 38.6 Å². The Morgan fingerprint density at radius 2 is 1.80 bits per heavy atom. The number of nitriles is 1. The standard InChI is InChI=1S/C33H39F3N6O2/c1-22-24-8-7-9-26(28(24)34)33(35,36)23-10-15-41(16-11-23)13-5-3-2-4-6-14-42-30-25(29(40-22)38-21-39-30)18-27(31(42)43)32(19-37)12-17-44-20-32/h7-9,18,21-23H,2-6,10-17,20H2,1H3,(H,38,39,40)/t22-,32?/m1/s1. The maximum atomic E-state index is 16.0. The van der Waals surface area contributed by atoms with Gasteiger partial charge < -0.3 is 15.0 Å². The van der Waals surface area contributed by atoms with Crippen molar-refractivity contribution in [2.45, 2.75) is 82.2 Å². The maximum absolute atomic E-state index is 16.0. The number of nitrogens with zero attached hydrogens (tertiary/aromatic N) is 5. The minimum Gasteiger partial charge on any atom is -0.379 e. The van der Waals surface area contributed by atoms with Gasteiger partial charge in [0.1, 0.15) is 29.0 Å². The maximum Gasteiger partial charge on any atom is 0.278 e. The number of anilines is 1. The van der Waals surface area contributed by atoms with E-state index >= 15 is 13.2 Å². The van der Waals surface area contributed by atoms with Crippen LogP contribution < -0.4 is 10.9 Å². The number of ether oxygens (including phenoxy) is 1. The second-order valence-electron chi connectivity index (χ2n) is 12.6. The first kappa shape index (κ1) is 30.5. The average molecular weight is 609 g/mol. The first-order valence-electron chi connectivity index (χ1n) is 15.8. The number of pyridine rings is 1. The SMILES string of the molecule is C[C@H]1Nc2ncnc3c2cc(C2(C#N)CCOC2)c(=O)n3CCCCCCCN2CCC(CC2)C(F)(F)c2cccc1c2F. The topological polar surface area (TPSA) is 96.1 Å². The summed E-state index contributed by atoms with van der Waals surface area (Å²) in [5.41, 5.74) is -1.11. The molecule has 0 amide bonds. The number of benzene rings is 1. The lowest BCUT2D eigenvalue weighted by Crippen LogP contribution is -2.40. The Bertz CT molecular complexity index is 1610. The number of alkyl halides is 2. The Morgan fingerprint density at radius 3 is 2.52 bits per heavy atom. The second-order valence-corrected chi connectivity index (χ2v) is 12.6. The molecule has 1 N–H and O–H groups in total. The van der Waals surface area contributed by atoms with Crippen molar-refractivity contribution in [2.75, 3.05) is 38.2 Å². The second kappa shape index (κ2) is 12.5. The number of hydrogen-bond acceptors (Lipinski definition) is 7. The van der Waals surface area contributed by atoms with Crippen molar-refractivity contribution in [1.82, 2.24) is 19.4 Å². The van der Waals surface area contributed by atoms with E-state index in [-0.39, 0.29) is 17.7 Å². The fraction of sp³-hybridized carbons (Fsp3) is 0.576. The zero-order valence-electron chi connectivity index (χ0n) is 25.1. The molecule has 234 valence electrons. The molecule has 0 spiro atoms. The molecule has 11 heteroatoms. The van der Waals surface area contributed by atoms with Gasteiger partial charge in [-0.1, -0.05) is 37.5 Å². The Hall–Kier alpha value is -3.49. The van der Waals surface area contributed by atoms with Gasteiger partial charge in [0.2, 0.25) is 0 Å². The van der Waals surface area contributed by atoms with E-state index in [1.165, 1.54) is 24.5 Å². The van der Waals surface area contributed by atoms with E-state index < -0.39 is 34.7 Å². The summed E-state index contributed by atoms with van der Waals surface area (Å²) in [4.78, 5) is 25.1. The first-order valence-corrected chi connectivity index (χ1v) is 15.8. The van der Waals surface area contributed by atoms with Gasteiger partial charge in [-0.05, 0) is 64.7 Å². The average Bonchev–Trinajstić information content (AvgIpc) is 3.51. The van der Waals surface area contributed by atoms with Crippen LogP contribution in [0.4, 0.5) is 19.0 Å². The molecule has 3 aromatic rings. The van der Waals surface area contributed by atoms with Gasteiger partial charge in [-0.15, -0.1) is 0 Å². The zero-order valence-corrected chi connectivity index (χ0v) is 25.1. The molecule has 44 heavy (non-hydrogen) atoms. The Morgan fingerprint density at radius 1 is 1.05 bits per heavy atom. The Balaban J connectivity index is 1.44. The molecular weight excluding hydrogens is 569 g/mol. The van der Waals surface area contributed by atoms with Crippen LogP contribution in [-0.2, 0) is 22.6 Å². The normalized spacial score (nSPS) is 27.8. The molecule has 0 aliphatic carbocycles. The molecule has 2 atom stereocenters. The van der Waals surface area contributed by atoms with Crippen LogP contribution in [0.15, 0.2) is 35.4 Å². The molecule has 4 aliphatic rings. The number of aryl methyl sites for hydroxylation is 1. The summed E-state index contributed by atoms with van der Waals surface area (Å²) in [6.07, 6.45) is 7.03. The van der Waals surface area contributed by atoms with Crippen molar-refractivity contribution in [3.63, 3.8) is 0 Å². The molecule has 0 saturated carbocycles. The largest absolute Gasteiger partial charge is 0.379 e. The smallest absolute Gasteiger partial charge is 0.278 e. The van der Waals surface area contributed by atoms with Crippen LogP contribution in [0, 0.1) is 23.1 Å². The quantitative estimate of drug-likeness (QED) is 0.359. The molecule has 8 bridgehead atoms. The van der Waals surface area contributed by atoms with Gasteiger partial charge >= 0.3 is 0 Å². The summed E-state index contributed by atoms with van der Waals surface area (Å²) in [6, 6.07) is 7.45. The molecular formula is C33H39F3N6O2. The van der Waals surface area contributed by atoms with Gasteiger partial charge in [-0.2, -0.15) is 5.26 Å². The van der Waals surface area contributed by atoms with E-state index in [2.05, 4.69) is 26.3 Å². The number of rotatable bonds is 1. The first-order chi connectivity index (χ1) is 21.2. The van der Waals surface area contributed by atoms with Crippen LogP contribution in [0.3, 0.4) is 0 Å². The predicted octanol–water partition coefficient (Wildman–Crippen LogP) is 6.05. The molecule has 7 rings (SSSR count). The fourth-order valence-corrected chi connectivity index (χ4v) is 7.07. The van der Waals surface area contributed by atoms with Crippen molar-refractivity contribution in [3.8, 4) is 6.07 Å². The van der Waals surface area contributed by atoms with Crippen molar-refractivity contribution in [2.24, 2.45) is 5.92 Å². The number of piperidine rings is 1. The van der Waals surface area contributed by atoms with Crippen molar-refractivity contribution in [1.29, 1.82) is 5.26 Å². The number of fused-ring (bicyclic) bond motifs is 9. The third-order valence-electron chi connectivity index (χ3n) is 9.80. The number of nitrogens with one attached hydrogen (secondary N) is 1. The fourth-order valence-electron chi connectivity index (χ4n) is 7.07. The van der Waals surface area contributed by atoms with Crippen molar-refractivity contribution in [3.05, 3.63) is 63.5 Å². The minimum absolute atomic E-state index is 0.100. The van der Waals surface area contributed by atoms with Gasteiger partial charge in [0.05, 0.1) is 29.7 Å². The lowest BCUT2D eigenvalue weighted by Gasteiger charge is -2.36. The summed E-state index contributed by atoms with van der Waals surface area (Å²) in [5.74, 6) is -4.81. The van der Waals surface area contributed by atoms with Crippen LogP contribution in [0.25, 0.3) is 11.0 Å². The molecule has 1 aromatic carbocycles. The molecule has 2 fully saturated rings. The predicted molar refractivity (Wildman–Crippen MR) is 161 cm³/mol. The molecule has 2 saturated heterocycles. The van der Waals surface area contributed by atoms with Crippen molar-refractivity contribution < 1.29 is 17.9 Å². The molecule has 4 aliphatic heterocycles. The molecule has 8 nitrogen and oxygen atoms in total. The Kier molecular flexibility index (Phi) is 8.66. The number of halogens is 3. The number of hydrogen-bond donors (Lipinski definition) is 1.